The van der Waals surface area contributed by atoms with Crippen LogP contribution in [-0.2, 0) is 4.79 Å². The number of hydrogen-bond acceptors (Lipinski definition) is 2. The van der Waals surface area contributed by atoms with Crippen molar-refractivity contribution in [3.05, 3.63) is 29.6 Å². The summed E-state index contributed by atoms with van der Waals surface area (Å²) in [6.07, 6.45) is 0. The van der Waals surface area contributed by atoms with Crippen LogP contribution in [0, 0.1) is 23.4 Å². The molecule has 1 aromatic carbocycles. The van der Waals surface area contributed by atoms with Crippen LogP contribution in [-0.4, -0.2) is 35.1 Å². The van der Waals surface area contributed by atoms with Gasteiger partial charge in [0.2, 0.25) is 0 Å². The molecule has 1 atom stereocenters. The van der Waals surface area contributed by atoms with Crippen molar-refractivity contribution in [2.75, 3.05) is 18.4 Å². The number of nitrogens with zero attached hydrogens (tertiary/aromatic N) is 1. The first-order valence-corrected chi connectivity index (χ1v) is 6.19. The molecule has 0 aliphatic rings. The molecule has 1 aromatic rings. The fraction of sp³-hybridized carbons (Fsp3) is 0.385. The maximum absolute atomic E-state index is 13.4. The standard InChI is InChI=1S/C13H15F3N2O3/c1-3-18(6-7(2)12(19)20)13(21)17-11-5-9(15)8(14)4-10(11)16/h4-5,7H,3,6H2,1-2H3,(H,17,21)(H,19,20). The van der Waals surface area contributed by atoms with Crippen molar-refractivity contribution >= 4 is 17.7 Å². The second-order valence-corrected chi connectivity index (χ2v) is 4.45. The summed E-state index contributed by atoms with van der Waals surface area (Å²) >= 11 is 0. The highest BCUT2D eigenvalue weighted by Gasteiger charge is 2.20. The number of carbonyl (C=O) groups excluding carboxylic acids is 1. The molecule has 0 bridgehead atoms. The van der Waals surface area contributed by atoms with E-state index >= 15 is 0 Å². The van der Waals surface area contributed by atoms with E-state index < -0.39 is 41.1 Å². The average Bonchev–Trinajstić information content (AvgIpc) is 2.41. The molecule has 0 aliphatic carbocycles. The van der Waals surface area contributed by atoms with E-state index in [4.69, 9.17) is 5.11 Å². The van der Waals surface area contributed by atoms with Gasteiger partial charge in [0.05, 0.1) is 11.6 Å². The van der Waals surface area contributed by atoms with Crippen molar-refractivity contribution < 1.29 is 27.9 Å². The van der Waals surface area contributed by atoms with Gasteiger partial charge in [-0.2, -0.15) is 0 Å². The maximum atomic E-state index is 13.4. The van der Waals surface area contributed by atoms with E-state index in [0.29, 0.717) is 12.1 Å². The first-order valence-electron chi connectivity index (χ1n) is 6.19. The van der Waals surface area contributed by atoms with Crippen LogP contribution < -0.4 is 5.32 Å². The van der Waals surface area contributed by atoms with Crippen LogP contribution in [0.15, 0.2) is 12.1 Å². The molecule has 0 spiro atoms. The number of halogens is 3. The minimum atomic E-state index is -1.36. The molecule has 2 amide bonds. The zero-order valence-electron chi connectivity index (χ0n) is 11.5. The van der Waals surface area contributed by atoms with Gasteiger partial charge in [-0.05, 0) is 6.92 Å². The van der Waals surface area contributed by atoms with Gasteiger partial charge in [0.1, 0.15) is 5.82 Å². The Morgan fingerprint density at radius 2 is 1.81 bits per heavy atom. The molecule has 0 aromatic heterocycles. The van der Waals surface area contributed by atoms with Gasteiger partial charge in [-0.15, -0.1) is 0 Å². The lowest BCUT2D eigenvalue weighted by Gasteiger charge is -2.23. The predicted molar refractivity (Wildman–Crippen MR) is 69.4 cm³/mol. The number of urea groups is 1. The number of carbonyl (C=O) groups is 2. The Hall–Kier alpha value is -2.25. The predicted octanol–water partition coefficient (Wildman–Crippen LogP) is 2.68. The Morgan fingerprint density at radius 1 is 1.24 bits per heavy atom. The van der Waals surface area contributed by atoms with Gasteiger partial charge in [0.25, 0.3) is 0 Å². The fourth-order valence-corrected chi connectivity index (χ4v) is 1.58. The molecule has 0 fully saturated rings. The highest BCUT2D eigenvalue weighted by atomic mass is 19.2. The Balaban J connectivity index is 2.83. The van der Waals surface area contributed by atoms with E-state index in [2.05, 4.69) is 5.32 Å². The first-order chi connectivity index (χ1) is 9.76. The fourth-order valence-electron chi connectivity index (χ4n) is 1.58. The summed E-state index contributed by atoms with van der Waals surface area (Å²) < 4.78 is 39.2. The smallest absolute Gasteiger partial charge is 0.321 e. The Bertz CT molecular complexity index is 552. The summed E-state index contributed by atoms with van der Waals surface area (Å²) in [5.74, 6) is -5.68. The molecule has 1 rings (SSSR count). The second kappa shape index (κ2) is 6.96. The van der Waals surface area contributed by atoms with Gasteiger partial charge in [-0.3, -0.25) is 4.79 Å². The highest BCUT2D eigenvalue weighted by Crippen LogP contribution is 2.19. The summed E-state index contributed by atoms with van der Waals surface area (Å²) in [7, 11) is 0. The molecule has 1 unspecified atom stereocenters. The van der Waals surface area contributed by atoms with Gasteiger partial charge in [0, 0.05) is 25.2 Å². The van der Waals surface area contributed by atoms with Crippen molar-refractivity contribution in [3.63, 3.8) is 0 Å². The first kappa shape index (κ1) is 16.8. The Labute approximate surface area is 119 Å². The molecule has 2 N–H and O–H groups in total. The number of carboxylic acids is 1. The molecule has 0 radical (unpaired) electrons. The number of anilines is 1. The summed E-state index contributed by atoms with van der Waals surface area (Å²) in [4.78, 5) is 23.8. The maximum Gasteiger partial charge on any atom is 0.321 e. The van der Waals surface area contributed by atoms with Crippen molar-refractivity contribution in [2.24, 2.45) is 5.92 Å². The van der Waals surface area contributed by atoms with Crippen molar-refractivity contribution in [1.82, 2.24) is 4.90 Å². The summed E-state index contributed by atoms with van der Waals surface area (Å²) in [6.45, 7) is 3.10. The molecule has 21 heavy (non-hydrogen) atoms. The molecule has 8 heteroatoms. The van der Waals surface area contributed by atoms with Crippen LogP contribution in [0.25, 0.3) is 0 Å². The number of hydrogen-bond donors (Lipinski definition) is 2. The van der Waals surface area contributed by atoms with E-state index in [9.17, 15) is 22.8 Å². The van der Waals surface area contributed by atoms with Gasteiger partial charge in [0.15, 0.2) is 11.6 Å². The van der Waals surface area contributed by atoms with Crippen LogP contribution in [0.5, 0.6) is 0 Å². The molecule has 0 saturated heterocycles. The molecule has 116 valence electrons. The third kappa shape index (κ3) is 4.37. The topological polar surface area (TPSA) is 69.6 Å². The number of nitrogens with one attached hydrogen (secondary N) is 1. The van der Waals surface area contributed by atoms with E-state index in [-0.39, 0.29) is 13.1 Å². The van der Waals surface area contributed by atoms with E-state index in [0.717, 1.165) is 4.90 Å². The minimum absolute atomic E-state index is 0.0943. The van der Waals surface area contributed by atoms with Crippen LogP contribution in [0.4, 0.5) is 23.7 Å². The normalized spacial score (nSPS) is 11.9. The summed E-state index contributed by atoms with van der Waals surface area (Å²) in [5, 5.41) is 10.9. The second-order valence-electron chi connectivity index (χ2n) is 4.45. The summed E-state index contributed by atoms with van der Waals surface area (Å²) in [5.41, 5.74) is -0.514. The lowest BCUT2D eigenvalue weighted by Crippen LogP contribution is -2.39. The Morgan fingerprint density at radius 3 is 2.33 bits per heavy atom. The van der Waals surface area contributed by atoms with Crippen LogP contribution in [0.2, 0.25) is 0 Å². The average molecular weight is 304 g/mol. The van der Waals surface area contributed by atoms with Gasteiger partial charge in [-0.25, -0.2) is 18.0 Å². The van der Waals surface area contributed by atoms with Crippen molar-refractivity contribution in [1.29, 1.82) is 0 Å². The highest BCUT2D eigenvalue weighted by molar-refractivity contribution is 5.89. The van der Waals surface area contributed by atoms with Crippen molar-refractivity contribution in [3.8, 4) is 0 Å². The van der Waals surface area contributed by atoms with Crippen molar-refractivity contribution in [2.45, 2.75) is 13.8 Å². The van der Waals surface area contributed by atoms with Gasteiger partial charge < -0.3 is 15.3 Å². The molecular weight excluding hydrogens is 289 g/mol. The molecule has 0 saturated carbocycles. The van der Waals surface area contributed by atoms with Crippen LogP contribution in [0.1, 0.15) is 13.8 Å². The molecular formula is C13H15F3N2O3. The third-order valence-electron chi connectivity index (χ3n) is 2.84. The lowest BCUT2D eigenvalue weighted by atomic mass is 10.2. The lowest BCUT2D eigenvalue weighted by molar-refractivity contribution is -0.141. The van der Waals surface area contributed by atoms with Crippen LogP contribution in [0.3, 0.4) is 0 Å². The summed E-state index contributed by atoms with van der Waals surface area (Å²) in [6, 6.07) is 0.0495. The SMILES string of the molecule is CCN(CC(C)C(=O)O)C(=O)Nc1cc(F)c(F)cc1F. The quantitative estimate of drug-likeness (QED) is 0.822. The Kier molecular flexibility index (Phi) is 5.57. The minimum Gasteiger partial charge on any atom is -0.481 e. The van der Waals surface area contributed by atoms with E-state index in [1.165, 1.54) is 6.92 Å². The molecule has 0 aliphatic heterocycles. The zero-order valence-corrected chi connectivity index (χ0v) is 11.5. The van der Waals surface area contributed by atoms with Gasteiger partial charge >= 0.3 is 12.0 Å². The third-order valence-corrected chi connectivity index (χ3v) is 2.84. The van der Waals surface area contributed by atoms with Crippen LogP contribution >= 0.6 is 0 Å². The van der Waals surface area contributed by atoms with E-state index in [1.807, 2.05) is 0 Å². The van der Waals surface area contributed by atoms with E-state index in [1.54, 1.807) is 6.92 Å². The monoisotopic (exact) mass is 304 g/mol. The molecule has 0 heterocycles. The number of carboxylic acid groups (broad SMARTS) is 1. The number of amides is 2. The number of rotatable bonds is 5. The van der Waals surface area contributed by atoms with Gasteiger partial charge in [-0.1, -0.05) is 6.92 Å². The largest absolute Gasteiger partial charge is 0.481 e. The number of benzene rings is 1. The molecule has 5 nitrogen and oxygen atoms in total. The number of aliphatic carboxylic acids is 1. The zero-order chi connectivity index (χ0) is 16.2.